The Morgan fingerprint density at radius 3 is 2.73 bits per heavy atom. The van der Waals surface area contributed by atoms with Crippen LogP contribution in [0.15, 0.2) is 28.7 Å². The molecule has 0 spiro atoms. The molecule has 0 aliphatic heterocycles. The van der Waals surface area contributed by atoms with Gasteiger partial charge in [-0.25, -0.2) is 4.79 Å². The van der Waals surface area contributed by atoms with Crippen LogP contribution in [0.2, 0.25) is 0 Å². The van der Waals surface area contributed by atoms with Crippen LogP contribution in [0.3, 0.4) is 0 Å². The van der Waals surface area contributed by atoms with Crippen LogP contribution < -0.4 is 0 Å². The average Bonchev–Trinajstić information content (AvgIpc) is 2.02. The Balaban J connectivity index is 2.76. The van der Waals surface area contributed by atoms with Crippen molar-refractivity contribution < 1.29 is 13.6 Å². The third-order valence-electron chi connectivity index (χ3n) is 1.17. The molecule has 58 valence electrons. The summed E-state index contributed by atoms with van der Waals surface area (Å²) in [6.07, 6.45) is 0. The van der Waals surface area contributed by atoms with Crippen molar-refractivity contribution in [3.8, 4) is 0 Å². The van der Waals surface area contributed by atoms with E-state index in [1.54, 1.807) is 12.1 Å². The lowest BCUT2D eigenvalue weighted by Crippen LogP contribution is -1.99. The lowest BCUT2D eigenvalue weighted by molar-refractivity contribution is 0.0600. The molecule has 0 radical (unpaired) electrons. The number of halogens is 1. The zero-order chi connectivity index (χ0) is 10.8. The van der Waals surface area contributed by atoms with Gasteiger partial charge in [-0.3, -0.25) is 0 Å². The molecule has 1 rings (SSSR count). The van der Waals surface area contributed by atoms with E-state index in [-0.39, 0.29) is 5.56 Å². The fraction of sp³-hybridized carbons (Fsp3) is 0.125. The summed E-state index contributed by atoms with van der Waals surface area (Å²) in [6, 6.07) is 6.24. The highest BCUT2D eigenvalue weighted by molar-refractivity contribution is 9.10. The van der Waals surface area contributed by atoms with Gasteiger partial charge in [0, 0.05) is 4.47 Å². The monoisotopic (exact) mass is 217 g/mol. The van der Waals surface area contributed by atoms with Gasteiger partial charge in [-0.2, -0.15) is 0 Å². The molecule has 2 nitrogen and oxygen atoms in total. The quantitative estimate of drug-likeness (QED) is 0.675. The van der Waals surface area contributed by atoms with E-state index in [0.29, 0.717) is 0 Å². The summed E-state index contributed by atoms with van der Waals surface area (Å²) in [4.78, 5) is 11.2. The molecule has 3 heteroatoms. The normalized spacial score (nSPS) is 14.5. The van der Waals surface area contributed by atoms with Crippen molar-refractivity contribution in [3.05, 3.63) is 34.3 Å². The molecule has 0 fully saturated rings. The second-order valence-electron chi connectivity index (χ2n) is 1.90. The van der Waals surface area contributed by atoms with Gasteiger partial charge in [-0.05, 0) is 24.3 Å². The van der Waals surface area contributed by atoms with Crippen molar-refractivity contribution in [2.24, 2.45) is 0 Å². The molecule has 0 aliphatic carbocycles. The number of rotatable bonds is 1. The van der Waals surface area contributed by atoms with Gasteiger partial charge in [0.25, 0.3) is 0 Å². The maximum Gasteiger partial charge on any atom is 0.337 e. The topological polar surface area (TPSA) is 26.3 Å². The SMILES string of the molecule is [2H]C([2H])([2H])OC(=O)c1ccc(Br)cc1. The molecule has 0 N–H and O–H groups in total. The van der Waals surface area contributed by atoms with Gasteiger partial charge >= 0.3 is 5.97 Å². The van der Waals surface area contributed by atoms with Gasteiger partial charge in [0.2, 0.25) is 0 Å². The standard InChI is InChI=1S/C8H7BrO2/c1-11-8(10)6-2-4-7(9)5-3-6/h2-5H,1H3/i1D3. The average molecular weight is 218 g/mol. The van der Waals surface area contributed by atoms with E-state index in [9.17, 15) is 4.79 Å². The predicted octanol–water partition coefficient (Wildman–Crippen LogP) is 2.24. The van der Waals surface area contributed by atoms with Crippen LogP contribution in [-0.2, 0) is 4.74 Å². The van der Waals surface area contributed by atoms with E-state index in [4.69, 9.17) is 4.11 Å². The van der Waals surface area contributed by atoms with Crippen molar-refractivity contribution in [2.75, 3.05) is 7.04 Å². The third kappa shape index (κ3) is 2.05. The number of carbonyl (C=O) groups excluding carboxylic acids is 1. The second-order valence-corrected chi connectivity index (χ2v) is 2.81. The summed E-state index contributed by atoms with van der Waals surface area (Å²) in [5.41, 5.74) is 0.212. The Morgan fingerprint density at radius 1 is 1.55 bits per heavy atom. The highest BCUT2D eigenvalue weighted by Crippen LogP contribution is 2.10. The molecule has 1 aromatic carbocycles. The van der Waals surface area contributed by atoms with Gasteiger partial charge in [-0.1, -0.05) is 15.9 Å². The minimum absolute atomic E-state index is 0.212. The third-order valence-corrected chi connectivity index (χ3v) is 1.70. The number of esters is 1. The van der Waals surface area contributed by atoms with Crippen molar-refractivity contribution in [1.82, 2.24) is 0 Å². The minimum Gasteiger partial charge on any atom is -0.465 e. The molecular weight excluding hydrogens is 208 g/mol. The van der Waals surface area contributed by atoms with E-state index in [1.165, 1.54) is 12.1 Å². The summed E-state index contributed by atoms with van der Waals surface area (Å²) < 4.78 is 25.2. The summed E-state index contributed by atoms with van der Waals surface area (Å²) in [6.45, 7) is 0. The first-order valence-electron chi connectivity index (χ1n) is 4.37. The molecule has 11 heavy (non-hydrogen) atoms. The molecule has 0 heterocycles. The van der Waals surface area contributed by atoms with E-state index in [0.717, 1.165) is 4.47 Å². The highest BCUT2D eigenvalue weighted by Gasteiger charge is 2.02. The lowest BCUT2D eigenvalue weighted by Gasteiger charge is -1.97. The molecule has 0 atom stereocenters. The number of benzene rings is 1. The zero-order valence-corrected chi connectivity index (χ0v) is 7.09. The van der Waals surface area contributed by atoms with Crippen LogP contribution in [0, 0.1) is 0 Å². The number of methoxy groups -OCH3 is 1. The fourth-order valence-electron chi connectivity index (χ4n) is 0.645. The molecule has 0 amide bonds. The minimum atomic E-state index is -2.69. The number of hydrogen-bond donors (Lipinski definition) is 0. The van der Waals surface area contributed by atoms with Gasteiger partial charge < -0.3 is 4.74 Å². The lowest BCUT2D eigenvalue weighted by atomic mass is 10.2. The predicted molar refractivity (Wildman–Crippen MR) is 45.5 cm³/mol. The van der Waals surface area contributed by atoms with E-state index in [1.807, 2.05) is 0 Å². The molecule has 0 aromatic heterocycles. The Hall–Kier alpha value is -0.830. The summed E-state index contributed by atoms with van der Waals surface area (Å²) in [7, 11) is -2.69. The van der Waals surface area contributed by atoms with Crippen molar-refractivity contribution in [1.29, 1.82) is 0 Å². The van der Waals surface area contributed by atoms with Gasteiger partial charge in [-0.15, -0.1) is 0 Å². The van der Waals surface area contributed by atoms with Crippen LogP contribution in [0.4, 0.5) is 0 Å². The molecule has 1 aromatic rings. The van der Waals surface area contributed by atoms with Crippen LogP contribution in [-0.4, -0.2) is 13.0 Å². The van der Waals surface area contributed by atoms with Crippen molar-refractivity contribution in [2.45, 2.75) is 0 Å². The van der Waals surface area contributed by atoms with Crippen molar-refractivity contribution in [3.63, 3.8) is 0 Å². The molecule has 0 saturated carbocycles. The maximum absolute atomic E-state index is 11.2. The number of carbonyl (C=O) groups is 1. The second kappa shape index (κ2) is 3.53. The summed E-state index contributed by atoms with van der Waals surface area (Å²) >= 11 is 3.19. The van der Waals surface area contributed by atoms with Gasteiger partial charge in [0.05, 0.1) is 16.7 Å². The molecule has 0 aliphatic rings. The van der Waals surface area contributed by atoms with E-state index >= 15 is 0 Å². The van der Waals surface area contributed by atoms with Crippen LogP contribution in [0.25, 0.3) is 0 Å². The zero-order valence-electron chi connectivity index (χ0n) is 8.50. The van der Waals surface area contributed by atoms with E-state index < -0.39 is 13.0 Å². The molecule has 0 unspecified atom stereocenters. The molecular formula is C8H7BrO2. The van der Waals surface area contributed by atoms with Crippen molar-refractivity contribution >= 4 is 21.9 Å². The number of hydrogen-bond acceptors (Lipinski definition) is 2. The van der Waals surface area contributed by atoms with Crippen LogP contribution in [0.5, 0.6) is 0 Å². The Kier molecular flexibility index (Phi) is 1.58. The Labute approximate surface area is 77.5 Å². The first-order chi connectivity index (χ1) is 6.38. The largest absolute Gasteiger partial charge is 0.465 e. The Bertz CT molecular complexity index is 331. The number of ether oxygens (including phenoxy) is 1. The summed E-state index contributed by atoms with van der Waals surface area (Å²) in [5.74, 6) is -0.850. The maximum atomic E-state index is 11.2. The van der Waals surface area contributed by atoms with Gasteiger partial charge in [0.15, 0.2) is 0 Å². The smallest absolute Gasteiger partial charge is 0.337 e. The fourth-order valence-corrected chi connectivity index (χ4v) is 0.909. The molecule has 0 bridgehead atoms. The molecule has 0 saturated heterocycles. The van der Waals surface area contributed by atoms with E-state index in [2.05, 4.69) is 20.7 Å². The van der Waals surface area contributed by atoms with Gasteiger partial charge in [0.1, 0.15) is 0 Å². The first kappa shape index (κ1) is 4.93. The summed E-state index contributed by atoms with van der Waals surface area (Å²) in [5, 5.41) is 0. The van der Waals surface area contributed by atoms with Crippen LogP contribution in [0.1, 0.15) is 14.5 Å². The first-order valence-corrected chi connectivity index (χ1v) is 3.67. The highest BCUT2D eigenvalue weighted by atomic mass is 79.9. The van der Waals surface area contributed by atoms with Crippen LogP contribution >= 0.6 is 15.9 Å². The Morgan fingerprint density at radius 2 is 2.18 bits per heavy atom.